The van der Waals surface area contributed by atoms with Crippen LogP contribution in [-0.4, -0.2) is 24.0 Å². The van der Waals surface area contributed by atoms with Crippen LogP contribution in [-0.2, 0) is 13.1 Å². The summed E-state index contributed by atoms with van der Waals surface area (Å²) >= 11 is 0. The quantitative estimate of drug-likeness (QED) is 0.880. The highest BCUT2D eigenvalue weighted by atomic mass is 16.5. The maximum absolute atomic E-state index is 5.33. The highest BCUT2D eigenvalue weighted by molar-refractivity contribution is 5.60. The fraction of sp³-hybridized carbons (Fsp3) is 0.400. The van der Waals surface area contributed by atoms with Crippen molar-refractivity contribution in [1.29, 1.82) is 0 Å². The van der Waals surface area contributed by atoms with Crippen molar-refractivity contribution < 1.29 is 9.47 Å². The molecule has 108 valence electrons. The summed E-state index contributed by atoms with van der Waals surface area (Å²) in [5.41, 5.74) is 3.30. The Labute approximate surface area is 119 Å². The minimum Gasteiger partial charge on any atom is -0.493 e. The smallest absolute Gasteiger partial charge is 0.162 e. The molecule has 0 aliphatic rings. The maximum Gasteiger partial charge on any atom is 0.162 e. The van der Waals surface area contributed by atoms with Gasteiger partial charge in [-0.15, -0.1) is 0 Å². The highest BCUT2D eigenvalue weighted by Crippen LogP contribution is 2.33. The Morgan fingerprint density at radius 2 is 1.90 bits per heavy atom. The van der Waals surface area contributed by atoms with Crippen LogP contribution >= 0.6 is 0 Å². The molecular formula is C15H21N3O2. The predicted octanol–water partition coefficient (Wildman–Crippen LogP) is 2.84. The van der Waals surface area contributed by atoms with Crippen LogP contribution in [0.2, 0.25) is 0 Å². The van der Waals surface area contributed by atoms with Gasteiger partial charge in [0.2, 0.25) is 0 Å². The molecule has 0 atom stereocenters. The van der Waals surface area contributed by atoms with E-state index >= 15 is 0 Å². The van der Waals surface area contributed by atoms with E-state index in [4.69, 9.17) is 9.47 Å². The minimum atomic E-state index is 0.726. The van der Waals surface area contributed by atoms with Crippen molar-refractivity contribution in [2.24, 2.45) is 0 Å². The van der Waals surface area contributed by atoms with Crippen molar-refractivity contribution in [1.82, 2.24) is 9.78 Å². The maximum atomic E-state index is 5.33. The topological polar surface area (TPSA) is 48.3 Å². The predicted molar refractivity (Wildman–Crippen MR) is 79.5 cm³/mol. The Morgan fingerprint density at radius 3 is 2.55 bits per heavy atom. The lowest BCUT2D eigenvalue weighted by atomic mass is 10.1. The summed E-state index contributed by atoms with van der Waals surface area (Å²) in [6.07, 6.45) is 1.82. The van der Waals surface area contributed by atoms with Gasteiger partial charge in [0.15, 0.2) is 11.5 Å². The summed E-state index contributed by atoms with van der Waals surface area (Å²) in [7, 11) is 3.29. The minimum absolute atomic E-state index is 0.726. The summed E-state index contributed by atoms with van der Waals surface area (Å²) in [6, 6.07) is 5.95. The SMILES string of the molecule is CCn1nccc1CNc1cc(OC)c(OC)cc1C. The van der Waals surface area contributed by atoms with Gasteiger partial charge >= 0.3 is 0 Å². The van der Waals surface area contributed by atoms with Crippen molar-refractivity contribution in [3.63, 3.8) is 0 Å². The Morgan fingerprint density at radius 1 is 1.20 bits per heavy atom. The van der Waals surface area contributed by atoms with Crippen LogP contribution in [0.1, 0.15) is 18.2 Å². The third-order valence-electron chi connectivity index (χ3n) is 3.29. The zero-order valence-corrected chi connectivity index (χ0v) is 12.4. The Kier molecular flexibility index (Phi) is 4.50. The van der Waals surface area contributed by atoms with E-state index in [-0.39, 0.29) is 0 Å². The fourth-order valence-corrected chi connectivity index (χ4v) is 2.15. The van der Waals surface area contributed by atoms with Gasteiger partial charge in [-0.1, -0.05) is 0 Å². The molecule has 0 radical (unpaired) electrons. The second-order valence-corrected chi connectivity index (χ2v) is 4.51. The molecule has 0 fully saturated rings. The molecule has 2 rings (SSSR count). The molecule has 1 aromatic carbocycles. The lowest BCUT2D eigenvalue weighted by Gasteiger charge is -2.14. The molecular weight excluding hydrogens is 254 g/mol. The monoisotopic (exact) mass is 275 g/mol. The van der Waals surface area contributed by atoms with E-state index in [1.54, 1.807) is 14.2 Å². The van der Waals surface area contributed by atoms with Gasteiger partial charge in [-0.2, -0.15) is 5.10 Å². The van der Waals surface area contributed by atoms with Crippen LogP contribution in [0.25, 0.3) is 0 Å². The number of anilines is 1. The summed E-state index contributed by atoms with van der Waals surface area (Å²) in [5.74, 6) is 1.47. The van der Waals surface area contributed by atoms with Crippen LogP contribution in [0.4, 0.5) is 5.69 Å². The number of benzene rings is 1. The molecule has 0 saturated carbocycles. The molecule has 0 bridgehead atoms. The van der Waals surface area contributed by atoms with E-state index in [9.17, 15) is 0 Å². The molecule has 1 aromatic heterocycles. The van der Waals surface area contributed by atoms with Crippen LogP contribution < -0.4 is 14.8 Å². The first-order valence-electron chi connectivity index (χ1n) is 6.66. The average molecular weight is 275 g/mol. The van der Waals surface area contributed by atoms with E-state index in [0.29, 0.717) is 0 Å². The summed E-state index contributed by atoms with van der Waals surface area (Å²) in [4.78, 5) is 0. The van der Waals surface area contributed by atoms with Crippen molar-refractivity contribution in [3.8, 4) is 11.5 Å². The number of nitrogens with zero attached hydrogens (tertiary/aromatic N) is 2. The number of aryl methyl sites for hydroxylation is 2. The lowest BCUT2D eigenvalue weighted by Crippen LogP contribution is -2.08. The van der Waals surface area contributed by atoms with E-state index in [0.717, 1.165) is 41.5 Å². The van der Waals surface area contributed by atoms with Crippen LogP contribution in [0.3, 0.4) is 0 Å². The average Bonchev–Trinajstić information content (AvgIpc) is 2.93. The highest BCUT2D eigenvalue weighted by Gasteiger charge is 2.09. The number of aromatic nitrogens is 2. The molecule has 5 heteroatoms. The van der Waals surface area contributed by atoms with Crippen LogP contribution in [0.15, 0.2) is 24.4 Å². The third-order valence-corrected chi connectivity index (χ3v) is 3.29. The Hall–Kier alpha value is -2.17. The first kappa shape index (κ1) is 14.2. The number of methoxy groups -OCH3 is 2. The molecule has 2 aromatic rings. The largest absolute Gasteiger partial charge is 0.493 e. The summed E-state index contributed by atoms with van der Waals surface area (Å²) in [5, 5.41) is 7.68. The van der Waals surface area contributed by atoms with E-state index in [1.807, 2.05) is 36.0 Å². The molecule has 0 amide bonds. The zero-order chi connectivity index (χ0) is 14.5. The molecule has 20 heavy (non-hydrogen) atoms. The second kappa shape index (κ2) is 6.32. The van der Waals surface area contributed by atoms with Gasteiger partial charge in [0.25, 0.3) is 0 Å². The molecule has 1 N–H and O–H groups in total. The molecule has 0 aliphatic carbocycles. The van der Waals surface area contributed by atoms with Gasteiger partial charge in [-0.3, -0.25) is 4.68 Å². The number of nitrogens with one attached hydrogen (secondary N) is 1. The molecule has 0 unspecified atom stereocenters. The van der Waals surface area contributed by atoms with Crippen molar-refractivity contribution in [2.75, 3.05) is 19.5 Å². The van der Waals surface area contributed by atoms with Crippen molar-refractivity contribution in [3.05, 3.63) is 35.7 Å². The normalized spacial score (nSPS) is 10.4. The zero-order valence-electron chi connectivity index (χ0n) is 12.4. The molecule has 0 aliphatic heterocycles. The Bertz CT molecular complexity index is 578. The van der Waals surface area contributed by atoms with E-state index < -0.39 is 0 Å². The van der Waals surface area contributed by atoms with Gasteiger partial charge in [0.05, 0.1) is 26.5 Å². The Balaban J connectivity index is 2.17. The molecule has 1 heterocycles. The van der Waals surface area contributed by atoms with Crippen LogP contribution in [0.5, 0.6) is 11.5 Å². The summed E-state index contributed by atoms with van der Waals surface area (Å²) in [6.45, 7) is 5.72. The van der Waals surface area contributed by atoms with Crippen molar-refractivity contribution >= 4 is 5.69 Å². The van der Waals surface area contributed by atoms with Gasteiger partial charge in [0.1, 0.15) is 0 Å². The fourth-order valence-electron chi connectivity index (χ4n) is 2.15. The first-order chi connectivity index (χ1) is 9.69. The van der Waals surface area contributed by atoms with Gasteiger partial charge in [-0.25, -0.2) is 0 Å². The van der Waals surface area contributed by atoms with Crippen molar-refractivity contribution in [2.45, 2.75) is 26.9 Å². The van der Waals surface area contributed by atoms with Crippen LogP contribution in [0, 0.1) is 6.92 Å². The second-order valence-electron chi connectivity index (χ2n) is 4.51. The number of ether oxygens (including phenoxy) is 2. The van der Waals surface area contributed by atoms with Gasteiger partial charge < -0.3 is 14.8 Å². The molecule has 0 spiro atoms. The molecule has 5 nitrogen and oxygen atoms in total. The molecule has 0 saturated heterocycles. The van der Waals surface area contributed by atoms with Gasteiger partial charge in [0, 0.05) is 24.5 Å². The third kappa shape index (κ3) is 2.87. The summed E-state index contributed by atoms with van der Waals surface area (Å²) < 4.78 is 12.6. The van der Waals surface area contributed by atoms with Gasteiger partial charge in [-0.05, 0) is 31.5 Å². The lowest BCUT2D eigenvalue weighted by molar-refractivity contribution is 0.355. The van der Waals surface area contributed by atoms with E-state index in [1.165, 1.54) is 0 Å². The number of hydrogen-bond acceptors (Lipinski definition) is 4. The standard InChI is InChI=1S/C15H21N3O2/c1-5-18-12(6-7-17-18)10-16-13-9-15(20-4)14(19-3)8-11(13)2/h6-9,16H,5,10H2,1-4H3. The van der Waals surface area contributed by atoms with E-state index in [2.05, 4.69) is 17.3 Å². The first-order valence-corrected chi connectivity index (χ1v) is 6.66. The number of rotatable bonds is 6. The number of hydrogen-bond donors (Lipinski definition) is 1.